The summed E-state index contributed by atoms with van der Waals surface area (Å²) in [6.07, 6.45) is 6.30. The van der Waals surface area contributed by atoms with Gasteiger partial charge < -0.3 is 0 Å². The van der Waals surface area contributed by atoms with Crippen molar-refractivity contribution in [3.63, 3.8) is 0 Å². The van der Waals surface area contributed by atoms with E-state index in [4.69, 9.17) is 0 Å². The van der Waals surface area contributed by atoms with Gasteiger partial charge in [-0.2, -0.15) is 0 Å². The van der Waals surface area contributed by atoms with Gasteiger partial charge in [0.25, 0.3) is 0 Å². The van der Waals surface area contributed by atoms with Crippen molar-refractivity contribution in [2.75, 3.05) is 0 Å². The normalized spacial score (nSPS) is 20.5. The van der Waals surface area contributed by atoms with Crippen LogP contribution in [0.4, 0.5) is 0 Å². The Hall–Kier alpha value is -0.590. The van der Waals surface area contributed by atoms with E-state index >= 15 is 0 Å². The van der Waals surface area contributed by atoms with Crippen molar-refractivity contribution >= 4 is 5.78 Å². The highest BCUT2D eigenvalue weighted by atomic mass is 16.1. The van der Waals surface area contributed by atoms with Crippen LogP contribution in [0.2, 0.25) is 0 Å². The van der Waals surface area contributed by atoms with Gasteiger partial charge >= 0.3 is 0 Å². The van der Waals surface area contributed by atoms with Gasteiger partial charge in [0, 0.05) is 6.42 Å². The molecule has 0 radical (unpaired) electrons. The van der Waals surface area contributed by atoms with E-state index in [0.717, 1.165) is 31.3 Å². The molecule has 1 aliphatic carbocycles. The summed E-state index contributed by atoms with van der Waals surface area (Å²) in [7, 11) is 0. The Balaban J connectivity index is 3.03. The third kappa shape index (κ3) is 2.70. The third-order valence-electron chi connectivity index (χ3n) is 3.49. The maximum atomic E-state index is 12.1. The van der Waals surface area contributed by atoms with Gasteiger partial charge in [0.05, 0.1) is 0 Å². The molecule has 0 unspecified atom stereocenters. The highest BCUT2D eigenvalue weighted by Gasteiger charge is 2.32. The van der Waals surface area contributed by atoms with Gasteiger partial charge in [-0.05, 0) is 43.1 Å². The van der Waals surface area contributed by atoms with Crippen LogP contribution >= 0.6 is 0 Å². The molecular weight excluding hydrogens is 184 g/mol. The van der Waals surface area contributed by atoms with Gasteiger partial charge in [-0.1, -0.05) is 33.3 Å². The summed E-state index contributed by atoms with van der Waals surface area (Å²) in [5.74, 6) is 0.402. The fourth-order valence-electron chi connectivity index (χ4n) is 2.75. The third-order valence-corrected chi connectivity index (χ3v) is 3.49. The van der Waals surface area contributed by atoms with Crippen LogP contribution in [0, 0.1) is 5.41 Å². The summed E-state index contributed by atoms with van der Waals surface area (Å²) in [4.78, 5) is 12.1. The topological polar surface area (TPSA) is 17.1 Å². The Bertz CT molecular complexity index is 271. The molecule has 0 aromatic heterocycles. The van der Waals surface area contributed by atoms with E-state index in [0.29, 0.717) is 5.78 Å². The number of hydrogen-bond acceptors (Lipinski definition) is 1. The minimum Gasteiger partial charge on any atom is -0.295 e. The standard InChI is InChI=1S/C14H24O/c1-5-8-12(15)13-11(6-2)9-7-10-14(13,3)4/h5-10H2,1-4H3. The van der Waals surface area contributed by atoms with E-state index in [1.165, 1.54) is 18.4 Å². The predicted molar refractivity (Wildman–Crippen MR) is 64.9 cm³/mol. The van der Waals surface area contributed by atoms with Crippen LogP contribution in [-0.4, -0.2) is 5.78 Å². The zero-order valence-electron chi connectivity index (χ0n) is 10.7. The minimum atomic E-state index is 0.121. The lowest BCUT2D eigenvalue weighted by molar-refractivity contribution is -0.116. The average Bonchev–Trinajstić information content (AvgIpc) is 2.16. The molecule has 0 saturated carbocycles. The quantitative estimate of drug-likeness (QED) is 0.674. The monoisotopic (exact) mass is 208 g/mol. The molecule has 1 aliphatic rings. The molecule has 0 atom stereocenters. The lowest BCUT2D eigenvalue weighted by Gasteiger charge is -2.34. The zero-order chi connectivity index (χ0) is 11.5. The van der Waals surface area contributed by atoms with Crippen molar-refractivity contribution < 1.29 is 4.79 Å². The van der Waals surface area contributed by atoms with Crippen molar-refractivity contribution in [3.8, 4) is 0 Å². The molecule has 0 bridgehead atoms. The molecule has 0 aliphatic heterocycles. The Morgan fingerprint density at radius 2 is 2.00 bits per heavy atom. The lowest BCUT2D eigenvalue weighted by atomic mass is 9.70. The van der Waals surface area contributed by atoms with Gasteiger partial charge in [0.15, 0.2) is 5.78 Å². The maximum Gasteiger partial charge on any atom is 0.159 e. The number of hydrogen-bond donors (Lipinski definition) is 0. The van der Waals surface area contributed by atoms with Crippen molar-refractivity contribution in [2.45, 2.75) is 66.2 Å². The molecule has 0 N–H and O–H groups in total. The Labute approximate surface area is 93.9 Å². The van der Waals surface area contributed by atoms with Crippen LogP contribution in [0.1, 0.15) is 66.2 Å². The van der Waals surface area contributed by atoms with E-state index in [2.05, 4.69) is 27.7 Å². The predicted octanol–water partition coefficient (Wildman–Crippen LogP) is 4.27. The van der Waals surface area contributed by atoms with Crippen molar-refractivity contribution in [2.24, 2.45) is 5.41 Å². The molecule has 15 heavy (non-hydrogen) atoms. The molecule has 0 heterocycles. The second-order valence-electron chi connectivity index (χ2n) is 5.24. The molecule has 0 aromatic rings. The highest BCUT2D eigenvalue weighted by Crippen LogP contribution is 2.42. The van der Waals surface area contributed by atoms with Crippen LogP contribution < -0.4 is 0 Å². The van der Waals surface area contributed by atoms with Crippen molar-refractivity contribution in [1.82, 2.24) is 0 Å². The van der Waals surface area contributed by atoms with Crippen LogP contribution in [0.5, 0.6) is 0 Å². The molecule has 86 valence electrons. The van der Waals surface area contributed by atoms with E-state index in [9.17, 15) is 4.79 Å². The molecule has 0 fully saturated rings. The first-order valence-corrected chi connectivity index (χ1v) is 6.28. The number of carbonyl (C=O) groups excluding carboxylic acids is 1. The second-order valence-corrected chi connectivity index (χ2v) is 5.24. The van der Waals surface area contributed by atoms with Gasteiger partial charge in [-0.15, -0.1) is 0 Å². The number of carbonyl (C=O) groups is 1. The highest BCUT2D eigenvalue weighted by molar-refractivity contribution is 5.97. The molecule has 1 heteroatoms. The number of ketones is 1. The summed E-state index contributed by atoms with van der Waals surface area (Å²) in [6, 6.07) is 0. The minimum absolute atomic E-state index is 0.121. The van der Waals surface area contributed by atoms with Gasteiger partial charge in [-0.25, -0.2) is 0 Å². The molecule has 0 amide bonds. The molecule has 1 nitrogen and oxygen atoms in total. The van der Waals surface area contributed by atoms with E-state index in [-0.39, 0.29) is 5.41 Å². The first kappa shape index (κ1) is 12.5. The smallest absolute Gasteiger partial charge is 0.159 e. The van der Waals surface area contributed by atoms with Crippen LogP contribution in [0.15, 0.2) is 11.1 Å². The average molecular weight is 208 g/mol. The first-order valence-electron chi connectivity index (χ1n) is 6.28. The van der Waals surface area contributed by atoms with Crippen molar-refractivity contribution in [1.29, 1.82) is 0 Å². The van der Waals surface area contributed by atoms with E-state index in [1.807, 2.05) is 0 Å². The second kappa shape index (κ2) is 4.96. The molecular formula is C14H24O. The maximum absolute atomic E-state index is 12.1. The summed E-state index contributed by atoms with van der Waals surface area (Å²) in [5.41, 5.74) is 2.71. The summed E-state index contributed by atoms with van der Waals surface area (Å²) >= 11 is 0. The zero-order valence-corrected chi connectivity index (χ0v) is 10.7. The molecule has 0 saturated heterocycles. The fraction of sp³-hybridized carbons (Fsp3) is 0.786. The Morgan fingerprint density at radius 1 is 1.33 bits per heavy atom. The lowest BCUT2D eigenvalue weighted by Crippen LogP contribution is -2.26. The van der Waals surface area contributed by atoms with Crippen LogP contribution in [-0.2, 0) is 4.79 Å². The van der Waals surface area contributed by atoms with Gasteiger partial charge in [0.2, 0.25) is 0 Å². The summed E-state index contributed by atoms with van der Waals surface area (Å²) < 4.78 is 0. The van der Waals surface area contributed by atoms with Gasteiger partial charge in [0.1, 0.15) is 0 Å². The van der Waals surface area contributed by atoms with E-state index in [1.54, 1.807) is 0 Å². The molecule has 0 aromatic carbocycles. The first-order chi connectivity index (χ1) is 7.03. The largest absolute Gasteiger partial charge is 0.295 e. The molecule has 1 rings (SSSR count). The summed E-state index contributed by atoms with van der Waals surface area (Å²) in [5, 5.41) is 0. The number of rotatable bonds is 4. The van der Waals surface area contributed by atoms with Crippen LogP contribution in [0.3, 0.4) is 0 Å². The van der Waals surface area contributed by atoms with E-state index < -0.39 is 0 Å². The Morgan fingerprint density at radius 3 is 2.53 bits per heavy atom. The van der Waals surface area contributed by atoms with Crippen LogP contribution in [0.25, 0.3) is 0 Å². The van der Waals surface area contributed by atoms with Crippen molar-refractivity contribution in [3.05, 3.63) is 11.1 Å². The number of Topliss-reactive ketones (excluding diaryl/α,β-unsaturated/α-hetero) is 1. The Kier molecular flexibility index (Phi) is 4.12. The summed E-state index contributed by atoms with van der Waals surface area (Å²) in [6.45, 7) is 8.71. The fourth-order valence-corrected chi connectivity index (χ4v) is 2.75. The number of allylic oxidation sites excluding steroid dienone is 2. The van der Waals surface area contributed by atoms with Gasteiger partial charge in [-0.3, -0.25) is 4.79 Å². The molecule has 0 spiro atoms. The SMILES string of the molecule is CCCC(=O)C1=C(CC)CCCC1(C)C.